The van der Waals surface area contributed by atoms with Gasteiger partial charge in [-0.05, 0) is 26.2 Å². The smallest absolute Gasteiger partial charge is 0.137 e. The van der Waals surface area contributed by atoms with Crippen molar-refractivity contribution in [2.75, 3.05) is 24.3 Å². The normalized spacial score (nSPS) is 12.6. The van der Waals surface area contributed by atoms with Crippen molar-refractivity contribution in [3.8, 4) is 0 Å². The summed E-state index contributed by atoms with van der Waals surface area (Å²) in [5.74, 6) is 3.57. The Hall–Kier alpha value is -1.32. The largest absolute Gasteiger partial charge is 0.373 e. The van der Waals surface area contributed by atoms with Crippen LogP contribution < -0.4 is 10.2 Å². The number of nitrogens with one attached hydrogen (secondary N) is 1. The lowest BCUT2D eigenvalue weighted by molar-refractivity contribution is 0.501. The van der Waals surface area contributed by atoms with E-state index in [4.69, 9.17) is 4.98 Å². The van der Waals surface area contributed by atoms with Crippen LogP contribution >= 0.6 is 0 Å². The first kappa shape index (κ1) is 15.7. The SMILES string of the molecule is CCc1nc(NC)c(C)c(N(C)C(C)CC(C)C)n1. The molecule has 0 bridgehead atoms. The monoisotopic (exact) mass is 264 g/mol. The minimum atomic E-state index is 0.475. The van der Waals surface area contributed by atoms with Crippen LogP contribution in [0.5, 0.6) is 0 Å². The maximum absolute atomic E-state index is 4.70. The van der Waals surface area contributed by atoms with Gasteiger partial charge in [0.25, 0.3) is 0 Å². The summed E-state index contributed by atoms with van der Waals surface area (Å²) in [5, 5.41) is 3.17. The van der Waals surface area contributed by atoms with Gasteiger partial charge in [0.05, 0.1) is 0 Å². The highest BCUT2D eigenvalue weighted by Crippen LogP contribution is 2.25. The molecule has 108 valence electrons. The molecule has 19 heavy (non-hydrogen) atoms. The average Bonchev–Trinajstić information content (AvgIpc) is 2.37. The second-order valence-electron chi connectivity index (χ2n) is 5.63. The average molecular weight is 264 g/mol. The van der Waals surface area contributed by atoms with Crippen molar-refractivity contribution < 1.29 is 0 Å². The zero-order valence-electron chi connectivity index (χ0n) is 13.4. The van der Waals surface area contributed by atoms with Crippen LogP contribution in [0.2, 0.25) is 0 Å². The van der Waals surface area contributed by atoms with Crippen LogP contribution in [0.4, 0.5) is 11.6 Å². The standard InChI is InChI=1S/C15H28N4/c1-8-13-17-14(16-6)12(5)15(18-13)19(7)11(4)9-10(2)3/h10-11H,8-9H2,1-7H3,(H,16,17,18). The van der Waals surface area contributed by atoms with Crippen molar-refractivity contribution in [1.29, 1.82) is 0 Å². The summed E-state index contributed by atoms with van der Waals surface area (Å²) in [6.45, 7) is 10.9. The molecule has 1 N–H and O–H groups in total. The number of hydrogen-bond donors (Lipinski definition) is 1. The van der Waals surface area contributed by atoms with Crippen molar-refractivity contribution in [1.82, 2.24) is 9.97 Å². The third-order valence-electron chi connectivity index (χ3n) is 3.53. The van der Waals surface area contributed by atoms with E-state index in [0.29, 0.717) is 12.0 Å². The Balaban J connectivity index is 3.10. The molecule has 0 aliphatic carbocycles. The van der Waals surface area contributed by atoms with Gasteiger partial charge in [-0.25, -0.2) is 9.97 Å². The van der Waals surface area contributed by atoms with E-state index in [1.165, 1.54) is 0 Å². The van der Waals surface area contributed by atoms with Gasteiger partial charge in [-0.15, -0.1) is 0 Å². The molecule has 1 rings (SSSR count). The Bertz CT molecular complexity index is 415. The van der Waals surface area contributed by atoms with E-state index in [1.807, 2.05) is 7.05 Å². The Morgan fingerprint density at radius 3 is 2.32 bits per heavy atom. The Labute approximate surface area is 117 Å². The molecule has 4 heteroatoms. The zero-order chi connectivity index (χ0) is 14.6. The quantitative estimate of drug-likeness (QED) is 0.856. The summed E-state index contributed by atoms with van der Waals surface area (Å²) in [5.41, 5.74) is 1.12. The number of hydrogen-bond acceptors (Lipinski definition) is 4. The second kappa shape index (κ2) is 6.73. The predicted octanol–water partition coefficient (Wildman–Crippen LogP) is 3.26. The predicted molar refractivity (Wildman–Crippen MR) is 83.0 cm³/mol. The first-order valence-corrected chi connectivity index (χ1v) is 7.18. The van der Waals surface area contributed by atoms with E-state index in [-0.39, 0.29) is 0 Å². The fraction of sp³-hybridized carbons (Fsp3) is 0.733. The number of aromatic nitrogens is 2. The van der Waals surface area contributed by atoms with Crippen LogP contribution in [0.25, 0.3) is 0 Å². The molecule has 4 nitrogen and oxygen atoms in total. The van der Waals surface area contributed by atoms with E-state index in [2.05, 4.69) is 56.9 Å². The maximum Gasteiger partial charge on any atom is 0.137 e. The lowest BCUT2D eigenvalue weighted by atomic mass is 10.0. The van der Waals surface area contributed by atoms with Crippen molar-refractivity contribution in [2.45, 2.75) is 53.5 Å². The van der Waals surface area contributed by atoms with Gasteiger partial charge in [0.15, 0.2) is 0 Å². The van der Waals surface area contributed by atoms with Crippen LogP contribution in [0, 0.1) is 12.8 Å². The fourth-order valence-electron chi connectivity index (χ4n) is 2.34. The third-order valence-corrected chi connectivity index (χ3v) is 3.53. The molecule has 0 saturated carbocycles. The van der Waals surface area contributed by atoms with E-state index >= 15 is 0 Å². The lowest BCUT2D eigenvalue weighted by Crippen LogP contribution is -2.32. The maximum atomic E-state index is 4.70. The summed E-state index contributed by atoms with van der Waals surface area (Å²) in [6, 6.07) is 0.475. The fourth-order valence-corrected chi connectivity index (χ4v) is 2.34. The van der Waals surface area contributed by atoms with Gasteiger partial charge in [-0.3, -0.25) is 0 Å². The Morgan fingerprint density at radius 2 is 1.84 bits per heavy atom. The highest BCUT2D eigenvalue weighted by atomic mass is 15.2. The van der Waals surface area contributed by atoms with Crippen LogP contribution in [0.1, 0.15) is 45.5 Å². The van der Waals surface area contributed by atoms with Gasteiger partial charge >= 0.3 is 0 Å². The van der Waals surface area contributed by atoms with Crippen LogP contribution in [0.3, 0.4) is 0 Å². The molecule has 0 aliphatic heterocycles. The highest BCUT2D eigenvalue weighted by molar-refractivity contribution is 5.58. The number of rotatable bonds is 6. The van der Waals surface area contributed by atoms with Crippen LogP contribution in [-0.4, -0.2) is 30.1 Å². The lowest BCUT2D eigenvalue weighted by Gasteiger charge is -2.29. The molecule has 1 heterocycles. The van der Waals surface area contributed by atoms with Gasteiger partial charge in [0.2, 0.25) is 0 Å². The summed E-state index contributed by atoms with van der Waals surface area (Å²) >= 11 is 0. The van der Waals surface area contributed by atoms with Crippen molar-refractivity contribution in [3.63, 3.8) is 0 Å². The summed E-state index contributed by atoms with van der Waals surface area (Å²) in [4.78, 5) is 11.5. The van der Waals surface area contributed by atoms with Gasteiger partial charge in [-0.1, -0.05) is 20.8 Å². The third kappa shape index (κ3) is 3.82. The topological polar surface area (TPSA) is 41.1 Å². The molecule has 0 spiro atoms. The number of anilines is 2. The molecular weight excluding hydrogens is 236 g/mol. The number of aryl methyl sites for hydroxylation is 1. The summed E-state index contributed by atoms with van der Waals surface area (Å²) in [6.07, 6.45) is 2.02. The molecule has 1 atom stereocenters. The van der Waals surface area contributed by atoms with Crippen molar-refractivity contribution in [3.05, 3.63) is 11.4 Å². The molecule has 1 aromatic heterocycles. The number of nitrogens with zero attached hydrogens (tertiary/aromatic N) is 3. The molecule has 0 amide bonds. The minimum Gasteiger partial charge on any atom is -0.373 e. The molecule has 0 aliphatic rings. The Kier molecular flexibility index (Phi) is 5.58. The Morgan fingerprint density at radius 1 is 1.21 bits per heavy atom. The van der Waals surface area contributed by atoms with E-state index in [1.54, 1.807) is 0 Å². The van der Waals surface area contributed by atoms with Gasteiger partial charge < -0.3 is 10.2 Å². The van der Waals surface area contributed by atoms with Gasteiger partial charge in [-0.2, -0.15) is 0 Å². The van der Waals surface area contributed by atoms with Crippen molar-refractivity contribution in [2.24, 2.45) is 5.92 Å². The molecule has 0 fully saturated rings. The van der Waals surface area contributed by atoms with Crippen LogP contribution in [-0.2, 0) is 6.42 Å². The van der Waals surface area contributed by atoms with Gasteiger partial charge in [0.1, 0.15) is 17.5 Å². The van der Waals surface area contributed by atoms with Crippen molar-refractivity contribution >= 4 is 11.6 Å². The molecule has 1 aromatic rings. The second-order valence-corrected chi connectivity index (χ2v) is 5.63. The molecule has 0 radical (unpaired) electrons. The van der Waals surface area contributed by atoms with Crippen LogP contribution in [0.15, 0.2) is 0 Å². The van der Waals surface area contributed by atoms with Gasteiger partial charge in [0, 0.05) is 32.1 Å². The molecule has 1 unspecified atom stereocenters. The highest BCUT2D eigenvalue weighted by Gasteiger charge is 2.18. The molecule has 0 aromatic carbocycles. The van der Waals surface area contributed by atoms with E-state index < -0.39 is 0 Å². The van der Waals surface area contributed by atoms with E-state index in [0.717, 1.165) is 35.9 Å². The minimum absolute atomic E-state index is 0.475. The first-order chi connectivity index (χ1) is 8.90. The summed E-state index contributed by atoms with van der Waals surface area (Å²) < 4.78 is 0. The zero-order valence-corrected chi connectivity index (χ0v) is 13.4. The van der Waals surface area contributed by atoms with E-state index in [9.17, 15) is 0 Å². The molecule has 0 saturated heterocycles. The molecular formula is C15H28N4. The first-order valence-electron chi connectivity index (χ1n) is 7.18. The summed E-state index contributed by atoms with van der Waals surface area (Å²) in [7, 11) is 4.04.